The molecule has 5 heteroatoms. The lowest BCUT2D eigenvalue weighted by Gasteiger charge is -2.29. The molecule has 0 aromatic heterocycles. The molecule has 0 aromatic carbocycles. The number of esters is 1. The minimum Gasteiger partial charge on any atom is -0.469 e. The summed E-state index contributed by atoms with van der Waals surface area (Å²) in [5.41, 5.74) is -0.500. The first-order valence-electron chi connectivity index (χ1n) is 6.43. The van der Waals surface area contributed by atoms with Gasteiger partial charge in [0.1, 0.15) is 0 Å². The summed E-state index contributed by atoms with van der Waals surface area (Å²) in [7, 11) is 1.42. The topological polar surface area (TPSA) is 49.9 Å². The van der Waals surface area contributed by atoms with Crippen molar-refractivity contribution < 1.29 is 14.3 Å². The number of hydrogen-bond acceptors (Lipinski definition) is 4. The minimum atomic E-state index is -0.500. The predicted octanol–water partition coefficient (Wildman–Crippen LogP) is 0.740. The molecule has 1 aliphatic rings. The number of amides is 1. The van der Waals surface area contributed by atoms with Gasteiger partial charge in [-0.1, -0.05) is 0 Å². The van der Waals surface area contributed by atoms with Crippen LogP contribution in [0.1, 0.15) is 27.2 Å². The Morgan fingerprint density at radius 1 is 1.17 bits per heavy atom. The molecule has 5 nitrogen and oxygen atoms in total. The molecule has 0 aromatic rings. The molecule has 1 rings (SSSR count). The number of nitrogens with zero attached hydrogens (tertiary/aromatic N) is 2. The highest BCUT2D eigenvalue weighted by Crippen LogP contribution is 2.19. The quantitative estimate of drug-likeness (QED) is 0.699. The molecule has 1 fully saturated rings. The van der Waals surface area contributed by atoms with E-state index in [0.29, 0.717) is 6.54 Å². The molecule has 0 bridgehead atoms. The van der Waals surface area contributed by atoms with Crippen molar-refractivity contribution in [2.24, 2.45) is 5.41 Å². The number of hydrogen-bond donors (Lipinski definition) is 0. The highest BCUT2D eigenvalue weighted by atomic mass is 16.5. The van der Waals surface area contributed by atoms with Crippen molar-refractivity contribution in [1.29, 1.82) is 0 Å². The van der Waals surface area contributed by atoms with Crippen LogP contribution in [0.2, 0.25) is 0 Å². The number of carbonyl (C=O) groups excluding carboxylic acids is 2. The van der Waals surface area contributed by atoms with Gasteiger partial charge in [-0.2, -0.15) is 0 Å². The maximum atomic E-state index is 11.7. The van der Waals surface area contributed by atoms with Gasteiger partial charge in [0, 0.05) is 33.1 Å². The van der Waals surface area contributed by atoms with Crippen molar-refractivity contribution in [2.75, 3.05) is 39.8 Å². The molecule has 104 valence electrons. The first-order chi connectivity index (χ1) is 8.36. The summed E-state index contributed by atoms with van der Waals surface area (Å²) >= 11 is 0. The monoisotopic (exact) mass is 256 g/mol. The molecule has 1 amide bonds. The summed E-state index contributed by atoms with van der Waals surface area (Å²) in [4.78, 5) is 27.1. The molecule has 18 heavy (non-hydrogen) atoms. The van der Waals surface area contributed by atoms with Crippen molar-refractivity contribution in [3.05, 3.63) is 0 Å². The lowest BCUT2D eigenvalue weighted by Crippen LogP contribution is -2.41. The van der Waals surface area contributed by atoms with Crippen molar-refractivity contribution in [3.8, 4) is 0 Å². The van der Waals surface area contributed by atoms with E-state index in [9.17, 15) is 9.59 Å². The number of ether oxygens (including phenoxy) is 1. The van der Waals surface area contributed by atoms with Gasteiger partial charge in [-0.05, 0) is 26.8 Å². The Morgan fingerprint density at radius 3 is 2.39 bits per heavy atom. The van der Waals surface area contributed by atoms with Crippen molar-refractivity contribution in [2.45, 2.75) is 27.2 Å². The van der Waals surface area contributed by atoms with Gasteiger partial charge < -0.3 is 14.5 Å². The van der Waals surface area contributed by atoms with E-state index in [2.05, 4.69) is 4.90 Å². The Balaban J connectivity index is 2.54. The summed E-state index contributed by atoms with van der Waals surface area (Å²) in [5, 5.41) is 0. The van der Waals surface area contributed by atoms with Crippen molar-refractivity contribution in [3.63, 3.8) is 0 Å². The zero-order valence-electron chi connectivity index (χ0n) is 11.9. The Morgan fingerprint density at radius 2 is 1.83 bits per heavy atom. The fourth-order valence-electron chi connectivity index (χ4n) is 2.34. The molecule has 1 saturated heterocycles. The van der Waals surface area contributed by atoms with E-state index in [1.807, 2.05) is 18.7 Å². The zero-order valence-corrected chi connectivity index (χ0v) is 11.9. The van der Waals surface area contributed by atoms with Crippen LogP contribution in [0.5, 0.6) is 0 Å². The molecule has 1 heterocycles. The molecule has 0 unspecified atom stereocenters. The Hall–Kier alpha value is -1.10. The van der Waals surface area contributed by atoms with Crippen LogP contribution in [0.25, 0.3) is 0 Å². The van der Waals surface area contributed by atoms with Gasteiger partial charge >= 0.3 is 5.97 Å². The third-order valence-corrected chi connectivity index (χ3v) is 3.39. The van der Waals surface area contributed by atoms with Crippen LogP contribution >= 0.6 is 0 Å². The molecule has 0 aliphatic carbocycles. The van der Waals surface area contributed by atoms with Crippen LogP contribution in [0.4, 0.5) is 0 Å². The second-order valence-corrected chi connectivity index (χ2v) is 5.51. The molecule has 0 radical (unpaired) electrons. The maximum Gasteiger partial charge on any atom is 0.312 e. The fraction of sp³-hybridized carbons (Fsp3) is 0.846. The Bertz CT molecular complexity index is 315. The van der Waals surface area contributed by atoms with Gasteiger partial charge in [-0.25, -0.2) is 0 Å². The molecule has 0 spiro atoms. The smallest absolute Gasteiger partial charge is 0.312 e. The highest BCUT2D eigenvalue weighted by Gasteiger charge is 2.31. The van der Waals surface area contributed by atoms with E-state index in [1.54, 1.807) is 6.92 Å². The number of rotatable bonds is 3. The lowest BCUT2D eigenvalue weighted by atomic mass is 9.93. The summed E-state index contributed by atoms with van der Waals surface area (Å²) in [6.45, 7) is 9.36. The van der Waals surface area contributed by atoms with E-state index < -0.39 is 5.41 Å². The second-order valence-electron chi connectivity index (χ2n) is 5.51. The molecular formula is C13H24N2O3. The van der Waals surface area contributed by atoms with Gasteiger partial charge in [-0.3, -0.25) is 9.59 Å². The highest BCUT2D eigenvalue weighted by molar-refractivity contribution is 5.76. The number of carbonyl (C=O) groups is 2. The van der Waals surface area contributed by atoms with E-state index in [1.165, 1.54) is 7.11 Å². The summed E-state index contributed by atoms with van der Waals surface area (Å²) in [5.74, 6) is -0.0563. The van der Waals surface area contributed by atoms with Gasteiger partial charge in [-0.15, -0.1) is 0 Å². The first-order valence-corrected chi connectivity index (χ1v) is 6.43. The Labute approximate surface area is 109 Å². The predicted molar refractivity (Wildman–Crippen MR) is 69.1 cm³/mol. The standard InChI is InChI=1S/C13H24N2O3/c1-11(16)15-7-5-6-14(8-9-15)10-13(2,3)12(17)18-4/h5-10H2,1-4H3. The molecule has 1 aliphatic heterocycles. The average molecular weight is 256 g/mol. The third-order valence-electron chi connectivity index (χ3n) is 3.39. The van der Waals surface area contributed by atoms with Crippen molar-refractivity contribution >= 4 is 11.9 Å². The molecule has 0 atom stereocenters. The largest absolute Gasteiger partial charge is 0.469 e. The van der Waals surface area contributed by atoms with Crippen LogP contribution in [0.15, 0.2) is 0 Å². The molecule has 0 N–H and O–H groups in total. The van der Waals surface area contributed by atoms with Gasteiger partial charge in [0.05, 0.1) is 12.5 Å². The van der Waals surface area contributed by atoms with Crippen molar-refractivity contribution in [1.82, 2.24) is 9.80 Å². The average Bonchev–Trinajstić information content (AvgIpc) is 2.53. The first kappa shape index (κ1) is 15.0. The zero-order chi connectivity index (χ0) is 13.8. The van der Waals surface area contributed by atoms with E-state index in [-0.39, 0.29) is 11.9 Å². The summed E-state index contributed by atoms with van der Waals surface area (Å²) in [6.07, 6.45) is 0.955. The lowest BCUT2D eigenvalue weighted by molar-refractivity contribution is -0.151. The summed E-state index contributed by atoms with van der Waals surface area (Å²) < 4.78 is 4.82. The minimum absolute atomic E-state index is 0.129. The maximum absolute atomic E-state index is 11.7. The summed E-state index contributed by atoms with van der Waals surface area (Å²) in [6, 6.07) is 0. The van der Waals surface area contributed by atoms with Gasteiger partial charge in [0.25, 0.3) is 0 Å². The van der Waals surface area contributed by atoms with Crippen LogP contribution in [0.3, 0.4) is 0 Å². The second kappa shape index (κ2) is 6.18. The molecule has 0 saturated carbocycles. The third kappa shape index (κ3) is 3.98. The molecular weight excluding hydrogens is 232 g/mol. The van der Waals surface area contributed by atoms with Crippen LogP contribution in [-0.2, 0) is 14.3 Å². The SMILES string of the molecule is COC(=O)C(C)(C)CN1CCCN(C(C)=O)CC1. The van der Waals surface area contributed by atoms with Gasteiger partial charge in [0.15, 0.2) is 0 Å². The van der Waals surface area contributed by atoms with Crippen LogP contribution < -0.4 is 0 Å². The van der Waals surface area contributed by atoms with E-state index >= 15 is 0 Å². The van der Waals surface area contributed by atoms with E-state index in [4.69, 9.17) is 4.74 Å². The normalized spacial score (nSPS) is 18.3. The van der Waals surface area contributed by atoms with Crippen LogP contribution in [-0.4, -0.2) is 61.5 Å². The number of methoxy groups -OCH3 is 1. The fourth-order valence-corrected chi connectivity index (χ4v) is 2.34. The van der Waals surface area contributed by atoms with Gasteiger partial charge in [0.2, 0.25) is 5.91 Å². The van der Waals surface area contributed by atoms with Crippen LogP contribution in [0, 0.1) is 5.41 Å². The van der Waals surface area contributed by atoms with E-state index in [0.717, 1.165) is 32.6 Å². The Kier molecular flexibility index (Phi) is 5.14.